The number of fused-ring (bicyclic) bond motifs is 1. The van der Waals surface area contributed by atoms with Gasteiger partial charge in [0.2, 0.25) is 5.91 Å². The zero-order chi connectivity index (χ0) is 16.2. The van der Waals surface area contributed by atoms with Crippen molar-refractivity contribution >= 4 is 34.4 Å². The van der Waals surface area contributed by atoms with Crippen LogP contribution in [-0.2, 0) is 24.3 Å². The summed E-state index contributed by atoms with van der Waals surface area (Å²) in [6.07, 6.45) is 3.47. The second-order valence-corrected chi connectivity index (χ2v) is 6.39. The number of hydrogen-bond donors (Lipinski definition) is 1. The molecule has 0 spiro atoms. The van der Waals surface area contributed by atoms with E-state index in [4.69, 9.17) is 0 Å². The maximum absolute atomic E-state index is 12.2. The first kappa shape index (κ1) is 15.5. The lowest BCUT2D eigenvalue weighted by Crippen LogP contribution is -2.26. The van der Waals surface area contributed by atoms with E-state index in [0.29, 0.717) is 12.1 Å². The van der Waals surface area contributed by atoms with Crippen molar-refractivity contribution in [1.82, 2.24) is 9.88 Å². The van der Waals surface area contributed by atoms with Crippen molar-refractivity contribution < 1.29 is 9.59 Å². The summed E-state index contributed by atoms with van der Waals surface area (Å²) in [6.45, 7) is 2.83. The van der Waals surface area contributed by atoms with Crippen molar-refractivity contribution in [2.75, 3.05) is 0 Å². The van der Waals surface area contributed by atoms with Gasteiger partial charge >= 0.3 is 0 Å². The molecule has 0 saturated carbocycles. The molecule has 3 aromatic rings. The second kappa shape index (κ2) is 6.79. The van der Waals surface area contributed by atoms with Gasteiger partial charge in [0.1, 0.15) is 6.54 Å². The molecule has 0 radical (unpaired) electrons. The summed E-state index contributed by atoms with van der Waals surface area (Å²) in [6, 6.07) is 9.88. The lowest BCUT2D eigenvalue weighted by molar-refractivity contribution is -0.121. The molecule has 2 aromatic heterocycles. The standard InChI is InChI=1S/C18H18N2O2S/c1-2-13-5-3-7-16-14(12-21)10-20(18(13)16)11-17(22)19-9-15-6-4-8-23-15/h3-8,10,12H,2,9,11H2,1H3,(H,19,22). The fraction of sp³-hybridized carbons (Fsp3) is 0.222. The minimum atomic E-state index is -0.0568. The van der Waals surface area contributed by atoms with Crippen LogP contribution in [-0.4, -0.2) is 16.8 Å². The largest absolute Gasteiger partial charge is 0.350 e. The SMILES string of the molecule is CCc1cccc2c(C=O)cn(CC(=O)NCc3cccs3)c12. The fourth-order valence-electron chi connectivity index (χ4n) is 2.78. The van der Waals surface area contributed by atoms with Crippen molar-refractivity contribution in [3.05, 3.63) is 57.9 Å². The minimum absolute atomic E-state index is 0.0568. The van der Waals surface area contributed by atoms with Gasteiger partial charge in [-0.1, -0.05) is 31.2 Å². The third kappa shape index (κ3) is 3.19. The Morgan fingerprint density at radius 3 is 2.87 bits per heavy atom. The van der Waals surface area contributed by atoms with Crippen molar-refractivity contribution in [3.63, 3.8) is 0 Å². The molecule has 23 heavy (non-hydrogen) atoms. The molecule has 1 aromatic carbocycles. The number of carbonyl (C=O) groups excluding carboxylic acids is 2. The van der Waals surface area contributed by atoms with Gasteiger partial charge in [-0.25, -0.2) is 0 Å². The summed E-state index contributed by atoms with van der Waals surface area (Å²) < 4.78 is 1.88. The zero-order valence-corrected chi connectivity index (χ0v) is 13.7. The number of rotatable bonds is 6. The molecule has 5 heteroatoms. The van der Waals surface area contributed by atoms with Crippen molar-refractivity contribution in [3.8, 4) is 0 Å². The number of nitrogens with zero attached hydrogens (tertiary/aromatic N) is 1. The molecule has 1 amide bonds. The molecule has 0 unspecified atom stereocenters. The van der Waals surface area contributed by atoms with Crippen LogP contribution in [0.15, 0.2) is 41.9 Å². The average Bonchev–Trinajstić information content (AvgIpc) is 3.20. The van der Waals surface area contributed by atoms with Crippen LogP contribution in [0.3, 0.4) is 0 Å². The molecular weight excluding hydrogens is 308 g/mol. The lowest BCUT2D eigenvalue weighted by atomic mass is 10.1. The Morgan fingerprint density at radius 1 is 1.30 bits per heavy atom. The van der Waals surface area contributed by atoms with E-state index in [0.717, 1.165) is 34.1 Å². The Hall–Kier alpha value is -2.40. The number of benzene rings is 1. The van der Waals surface area contributed by atoms with Gasteiger partial charge in [-0.05, 0) is 23.4 Å². The summed E-state index contributed by atoms with van der Waals surface area (Å²) in [7, 11) is 0. The summed E-state index contributed by atoms with van der Waals surface area (Å²) >= 11 is 1.62. The molecule has 0 fully saturated rings. The van der Waals surface area contributed by atoms with E-state index in [-0.39, 0.29) is 12.5 Å². The summed E-state index contributed by atoms with van der Waals surface area (Å²) in [5.74, 6) is -0.0568. The van der Waals surface area contributed by atoms with E-state index in [1.54, 1.807) is 17.5 Å². The van der Waals surface area contributed by atoms with Crippen molar-refractivity contribution in [2.45, 2.75) is 26.4 Å². The van der Waals surface area contributed by atoms with Gasteiger partial charge in [-0.2, -0.15) is 0 Å². The molecule has 0 atom stereocenters. The summed E-state index contributed by atoms with van der Waals surface area (Å²) in [5, 5.41) is 5.82. The number of para-hydroxylation sites is 1. The number of aromatic nitrogens is 1. The topological polar surface area (TPSA) is 51.1 Å². The van der Waals surface area contributed by atoms with E-state index in [2.05, 4.69) is 12.2 Å². The Labute approximate surface area is 138 Å². The van der Waals surface area contributed by atoms with Gasteiger partial charge in [0.05, 0.1) is 12.1 Å². The smallest absolute Gasteiger partial charge is 0.240 e. The quantitative estimate of drug-likeness (QED) is 0.706. The number of nitrogens with one attached hydrogen (secondary N) is 1. The molecule has 2 heterocycles. The number of aldehydes is 1. The number of carbonyl (C=O) groups is 2. The lowest BCUT2D eigenvalue weighted by Gasteiger charge is -2.09. The van der Waals surface area contributed by atoms with Gasteiger partial charge in [0.25, 0.3) is 0 Å². The fourth-order valence-corrected chi connectivity index (χ4v) is 3.42. The van der Waals surface area contributed by atoms with Gasteiger partial charge < -0.3 is 9.88 Å². The molecule has 1 N–H and O–H groups in total. The molecule has 118 valence electrons. The summed E-state index contributed by atoms with van der Waals surface area (Å²) in [4.78, 5) is 24.6. The molecule has 0 aliphatic rings. The third-order valence-electron chi connectivity index (χ3n) is 3.87. The normalized spacial score (nSPS) is 10.8. The van der Waals surface area contributed by atoms with Crippen molar-refractivity contribution in [1.29, 1.82) is 0 Å². The highest BCUT2D eigenvalue weighted by molar-refractivity contribution is 7.09. The van der Waals surface area contributed by atoms with Crippen LogP contribution in [0, 0.1) is 0 Å². The first-order valence-corrected chi connectivity index (χ1v) is 8.46. The number of amides is 1. The van der Waals surface area contributed by atoms with Crippen molar-refractivity contribution in [2.24, 2.45) is 0 Å². The molecule has 0 saturated heterocycles. The van der Waals surface area contributed by atoms with E-state index < -0.39 is 0 Å². The first-order chi connectivity index (χ1) is 11.2. The van der Waals surface area contributed by atoms with Crippen LogP contribution >= 0.6 is 11.3 Å². The molecule has 0 aliphatic carbocycles. The minimum Gasteiger partial charge on any atom is -0.350 e. The van der Waals surface area contributed by atoms with E-state index >= 15 is 0 Å². The molecule has 0 bridgehead atoms. The predicted molar refractivity (Wildman–Crippen MR) is 92.9 cm³/mol. The van der Waals surface area contributed by atoms with E-state index in [9.17, 15) is 9.59 Å². The third-order valence-corrected chi connectivity index (χ3v) is 4.75. The number of aryl methyl sites for hydroxylation is 1. The molecule has 4 nitrogen and oxygen atoms in total. The van der Waals surface area contributed by atoms with Gasteiger partial charge in [0.15, 0.2) is 6.29 Å². The average molecular weight is 326 g/mol. The maximum Gasteiger partial charge on any atom is 0.240 e. The van der Waals surface area contributed by atoms with Gasteiger partial charge in [-0.15, -0.1) is 11.3 Å². The van der Waals surface area contributed by atoms with E-state index in [1.165, 1.54) is 0 Å². The first-order valence-electron chi connectivity index (χ1n) is 7.58. The summed E-state index contributed by atoms with van der Waals surface area (Å²) in [5.41, 5.74) is 2.74. The molecule has 0 aliphatic heterocycles. The Morgan fingerprint density at radius 2 is 2.17 bits per heavy atom. The molecular formula is C18H18N2O2S. The Kier molecular flexibility index (Phi) is 4.57. The Balaban J connectivity index is 1.84. The van der Waals surface area contributed by atoms with Crippen LogP contribution in [0.2, 0.25) is 0 Å². The van der Waals surface area contributed by atoms with Crippen LogP contribution in [0.25, 0.3) is 10.9 Å². The zero-order valence-electron chi connectivity index (χ0n) is 12.9. The predicted octanol–water partition coefficient (Wildman–Crippen LogP) is 3.39. The van der Waals surface area contributed by atoms with Gasteiger partial charge in [0, 0.05) is 22.0 Å². The van der Waals surface area contributed by atoms with Crippen LogP contribution in [0.4, 0.5) is 0 Å². The Bertz CT molecular complexity index is 834. The molecule has 3 rings (SSSR count). The highest BCUT2D eigenvalue weighted by Crippen LogP contribution is 2.24. The number of thiophene rings is 1. The van der Waals surface area contributed by atoms with E-state index in [1.807, 2.05) is 40.3 Å². The maximum atomic E-state index is 12.2. The highest BCUT2D eigenvalue weighted by Gasteiger charge is 2.13. The highest BCUT2D eigenvalue weighted by atomic mass is 32.1. The van der Waals surface area contributed by atoms with Crippen LogP contribution in [0.5, 0.6) is 0 Å². The van der Waals surface area contributed by atoms with Crippen LogP contribution < -0.4 is 5.32 Å². The second-order valence-electron chi connectivity index (χ2n) is 5.35. The number of hydrogen-bond acceptors (Lipinski definition) is 3. The van der Waals surface area contributed by atoms with Gasteiger partial charge in [-0.3, -0.25) is 9.59 Å². The monoisotopic (exact) mass is 326 g/mol. The van der Waals surface area contributed by atoms with Crippen LogP contribution in [0.1, 0.15) is 27.7 Å².